The highest BCUT2D eigenvalue weighted by molar-refractivity contribution is 5.29. The zero-order chi connectivity index (χ0) is 13.2. The Morgan fingerprint density at radius 2 is 2.00 bits per heavy atom. The van der Waals surface area contributed by atoms with Gasteiger partial charge < -0.3 is 0 Å². The SMILES string of the molecule is Cc1ccc(C(NN)C2CC2c2ccccc2)cn1. The fraction of sp³-hybridized carbons (Fsp3) is 0.312. The summed E-state index contributed by atoms with van der Waals surface area (Å²) in [5.74, 6) is 6.93. The maximum atomic E-state index is 5.75. The number of hydrogen-bond donors (Lipinski definition) is 2. The molecule has 2 aromatic rings. The van der Waals surface area contributed by atoms with Crippen LogP contribution < -0.4 is 11.3 Å². The third-order valence-electron chi connectivity index (χ3n) is 3.97. The van der Waals surface area contributed by atoms with Gasteiger partial charge in [-0.15, -0.1) is 0 Å². The molecule has 3 nitrogen and oxygen atoms in total. The number of hydrogen-bond acceptors (Lipinski definition) is 3. The molecule has 1 aromatic carbocycles. The smallest absolute Gasteiger partial charge is 0.0509 e. The number of rotatable bonds is 4. The molecule has 3 unspecified atom stereocenters. The second kappa shape index (κ2) is 5.11. The largest absolute Gasteiger partial charge is 0.271 e. The summed E-state index contributed by atoms with van der Waals surface area (Å²) in [6.45, 7) is 2.00. The zero-order valence-corrected chi connectivity index (χ0v) is 11.1. The highest BCUT2D eigenvalue weighted by atomic mass is 15.2. The molecule has 3 heteroatoms. The Bertz CT molecular complexity index is 536. The van der Waals surface area contributed by atoms with Crippen LogP contribution in [0.25, 0.3) is 0 Å². The topological polar surface area (TPSA) is 50.9 Å². The Morgan fingerprint density at radius 1 is 1.21 bits per heavy atom. The molecule has 0 aliphatic heterocycles. The molecule has 0 bridgehead atoms. The lowest BCUT2D eigenvalue weighted by atomic mass is 10.0. The Balaban J connectivity index is 1.77. The highest BCUT2D eigenvalue weighted by Gasteiger charge is 2.44. The molecular formula is C16H19N3. The number of nitrogens with zero attached hydrogens (tertiary/aromatic N) is 1. The summed E-state index contributed by atoms with van der Waals surface area (Å²) in [4.78, 5) is 4.36. The van der Waals surface area contributed by atoms with E-state index in [-0.39, 0.29) is 6.04 Å². The van der Waals surface area contributed by atoms with Gasteiger partial charge in [0.25, 0.3) is 0 Å². The van der Waals surface area contributed by atoms with Gasteiger partial charge in [-0.2, -0.15) is 0 Å². The molecule has 1 aliphatic carbocycles. The quantitative estimate of drug-likeness (QED) is 0.650. The van der Waals surface area contributed by atoms with Crippen molar-refractivity contribution in [2.45, 2.75) is 25.3 Å². The standard InChI is InChI=1S/C16H19N3/c1-11-7-8-13(10-18-11)16(19-17)15-9-14(15)12-5-3-2-4-6-12/h2-8,10,14-16,19H,9,17H2,1H3. The van der Waals surface area contributed by atoms with Gasteiger partial charge in [-0.1, -0.05) is 36.4 Å². The van der Waals surface area contributed by atoms with Crippen molar-refractivity contribution in [2.75, 3.05) is 0 Å². The lowest BCUT2D eigenvalue weighted by Crippen LogP contribution is -2.30. The van der Waals surface area contributed by atoms with Crippen molar-refractivity contribution < 1.29 is 0 Å². The van der Waals surface area contributed by atoms with Crippen molar-refractivity contribution in [1.82, 2.24) is 10.4 Å². The molecule has 3 N–H and O–H groups in total. The van der Waals surface area contributed by atoms with Gasteiger partial charge in [-0.05, 0) is 42.4 Å². The number of hydrazine groups is 1. The van der Waals surface area contributed by atoms with Gasteiger partial charge in [0.2, 0.25) is 0 Å². The summed E-state index contributed by atoms with van der Waals surface area (Å²) < 4.78 is 0. The Hall–Kier alpha value is -1.71. The number of nitrogens with two attached hydrogens (primary N) is 1. The van der Waals surface area contributed by atoms with E-state index in [1.807, 2.05) is 19.2 Å². The molecule has 1 aliphatic rings. The van der Waals surface area contributed by atoms with E-state index in [4.69, 9.17) is 5.84 Å². The molecule has 1 saturated carbocycles. The number of aryl methyl sites for hydroxylation is 1. The lowest BCUT2D eigenvalue weighted by Gasteiger charge is -2.16. The predicted molar refractivity (Wildman–Crippen MR) is 76.3 cm³/mol. The molecule has 98 valence electrons. The average Bonchev–Trinajstić information content (AvgIpc) is 3.23. The number of pyridine rings is 1. The van der Waals surface area contributed by atoms with Crippen molar-refractivity contribution in [2.24, 2.45) is 11.8 Å². The first kappa shape index (κ1) is 12.3. The first-order chi connectivity index (χ1) is 9.29. The minimum atomic E-state index is 0.193. The van der Waals surface area contributed by atoms with Crippen LogP contribution in [0.15, 0.2) is 48.7 Å². The molecule has 3 rings (SSSR count). The molecule has 0 saturated heterocycles. The fourth-order valence-corrected chi connectivity index (χ4v) is 2.80. The van der Waals surface area contributed by atoms with Crippen LogP contribution in [0.3, 0.4) is 0 Å². The van der Waals surface area contributed by atoms with Gasteiger partial charge in [0.1, 0.15) is 0 Å². The molecular weight excluding hydrogens is 234 g/mol. The van der Waals surface area contributed by atoms with Crippen LogP contribution in [0.1, 0.15) is 35.2 Å². The van der Waals surface area contributed by atoms with E-state index in [2.05, 4.69) is 46.8 Å². The first-order valence-electron chi connectivity index (χ1n) is 6.73. The van der Waals surface area contributed by atoms with Crippen LogP contribution in [0.2, 0.25) is 0 Å². The first-order valence-corrected chi connectivity index (χ1v) is 6.73. The van der Waals surface area contributed by atoms with Gasteiger partial charge in [-0.25, -0.2) is 0 Å². The van der Waals surface area contributed by atoms with E-state index in [0.717, 1.165) is 5.69 Å². The molecule has 0 amide bonds. The maximum absolute atomic E-state index is 5.75. The molecule has 0 spiro atoms. The predicted octanol–water partition coefficient (Wildman–Crippen LogP) is 2.70. The molecule has 3 atom stereocenters. The summed E-state index contributed by atoms with van der Waals surface area (Å²) in [6.07, 6.45) is 3.12. The minimum Gasteiger partial charge on any atom is -0.271 e. The van der Waals surface area contributed by atoms with Gasteiger partial charge in [0.15, 0.2) is 0 Å². The van der Waals surface area contributed by atoms with Crippen LogP contribution in [0.5, 0.6) is 0 Å². The number of aromatic nitrogens is 1. The van der Waals surface area contributed by atoms with E-state index in [1.54, 1.807) is 0 Å². The summed E-state index contributed by atoms with van der Waals surface area (Å²) in [6, 6.07) is 15.0. The third kappa shape index (κ3) is 2.53. The summed E-state index contributed by atoms with van der Waals surface area (Å²) in [5.41, 5.74) is 6.58. The van der Waals surface area contributed by atoms with Crippen LogP contribution in [0.4, 0.5) is 0 Å². The Kier molecular flexibility index (Phi) is 3.32. The van der Waals surface area contributed by atoms with Crippen molar-refractivity contribution in [3.8, 4) is 0 Å². The normalized spacial score (nSPS) is 23.1. The van der Waals surface area contributed by atoms with E-state index < -0.39 is 0 Å². The summed E-state index contributed by atoms with van der Waals surface area (Å²) in [5, 5.41) is 0. The third-order valence-corrected chi connectivity index (χ3v) is 3.97. The van der Waals surface area contributed by atoms with Crippen LogP contribution >= 0.6 is 0 Å². The summed E-state index contributed by atoms with van der Waals surface area (Å²) >= 11 is 0. The van der Waals surface area contributed by atoms with E-state index in [9.17, 15) is 0 Å². The van der Waals surface area contributed by atoms with Crippen molar-refractivity contribution in [1.29, 1.82) is 0 Å². The van der Waals surface area contributed by atoms with Crippen molar-refractivity contribution >= 4 is 0 Å². The second-order valence-electron chi connectivity index (χ2n) is 5.29. The molecule has 1 fully saturated rings. The van der Waals surface area contributed by atoms with Crippen molar-refractivity contribution in [3.05, 3.63) is 65.5 Å². The molecule has 1 aromatic heterocycles. The maximum Gasteiger partial charge on any atom is 0.0509 e. The van der Waals surface area contributed by atoms with Crippen LogP contribution in [-0.4, -0.2) is 4.98 Å². The highest BCUT2D eigenvalue weighted by Crippen LogP contribution is 2.53. The molecule has 19 heavy (non-hydrogen) atoms. The van der Waals surface area contributed by atoms with Crippen LogP contribution in [0, 0.1) is 12.8 Å². The monoisotopic (exact) mass is 253 g/mol. The number of benzene rings is 1. The number of nitrogens with one attached hydrogen (secondary N) is 1. The van der Waals surface area contributed by atoms with Gasteiger partial charge in [0, 0.05) is 11.9 Å². The van der Waals surface area contributed by atoms with Gasteiger partial charge >= 0.3 is 0 Å². The van der Waals surface area contributed by atoms with Crippen molar-refractivity contribution in [3.63, 3.8) is 0 Å². The zero-order valence-electron chi connectivity index (χ0n) is 11.1. The van der Waals surface area contributed by atoms with E-state index in [0.29, 0.717) is 11.8 Å². The fourth-order valence-electron chi connectivity index (χ4n) is 2.80. The Labute approximate surface area is 113 Å². The summed E-state index contributed by atoms with van der Waals surface area (Å²) in [7, 11) is 0. The van der Waals surface area contributed by atoms with Gasteiger partial charge in [-0.3, -0.25) is 16.3 Å². The lowest BCUT2D eigenvalue weighted by molar-refractivity contribution is 0.486. The Morgan fingerprint density at radius 3 is 2.63 bits per heavy atom. The van der Waals surface area contributed by atoms with E-state index >= 15 is 0 Å². The molecule has 1 heterocycles. The van der Waals surface area contributed by atoms with Gasteiger partial charge in [0.05, 0.1) is 6.04 Å². The minimum absolute atomic E-state index is 0.193. The molecule has 0 radical (unpaired) electrons. The van der Waals surface area contributed by atoms with E-state index in [1.165, 1.54) is 17.5 Å². The van der Waals surface area contributed by atoms with Crippen LogP contribution in [-0.2, 0) is 0 Å². The average molecular weight is 253 g/mol. The second-order valence-corrected chi connectivity index (χ2v) is 5.29.